The largest absolute Gasteiger partial charge is 0.376 e. The van der Waals surface area contributed by atoms with Gasteiger partial charge in [0.05, 0.1) is 24.9 Å². The van der Waals surface area contributed by atoms with Crippen LogP contribution < -0.4 is 5.32 Å². The fraction of sp³-hybridized carbons (Fsp3) is 0.316. The van der Waals surface area contributed by atoms with Gasteiger partial charge in [-0.15, -0.1) is 0 Å². The number of nitrogens with zero attached hydrogens (tertiary/aromatic N) is 1. The highest BCUT2D eigenvalue weighted by molar-refractivity contribution is 7.99. The maximum absolute atomic E-state index is 12.4. The van der Waals surface area contributed by atoms with E-state index in [2.05, 4.69) is 22.3 Å². The molecular formula is C19H22N2O2S. The highest BCUT2D eigenvalue weighted by atomic mass is 32.2. The first-order valence-corrected chi connectivity index (χ1v) is 8.98. The SMILES string of the molecule is C[C@H]1CN(CC(=O)Nc2ccccc2Sc2ccccc2)CCO1. The summed E-state index contributed by atoms with van der Waals surface area (Å²) in [6.07, 6.45) is 0.187. The van der Waals surface area contributed by atoms with Crippen molar-refractivity contribution in [2.75, 3.05) is 31.6 Å². The van der Waals surface area contributed by atoms with Crippen LogP contribution in [-0.4, -0.2) is 43.2 Å². The van der Waals surface area contributed by atoms with Crippen LogP contribution in [0.1, 0.15) is 6.92 Å². The molecule has 3 rings (SSSR count). The fourth-order valence-electron chi connectivity index (χ4n) is 2.70. The molecule has 1 aliphatic rings. The van der Waals surface area contributed by atoms with Crippen LogP contribution in [0, 0.1) is 0 Å². The van der Waals surface area contributed by atoms with Crippen LogP contribution in [0.4, 0.5) is 5.69 Å². The van der Waals surface area contributed by atoms with E-state index in [4.69, 9.17) is 4.74 Å². The second-order valence-electron chi connectivity index (χ2n) is 5.88. The van der Waals surface area contributed by atoms with Crippen molar-refractivity contribution in [3.05, 3.63) is 54.6 Å². The third-order valence-corrected chi connectivity index (χ3v) is 4.91. The lowest BCUT2D eigenvalue weighted by Gasteiger charge is -2.30. The van der Waals surface area contributed by atoms with Crippen molar-refractivity contribution in [1.82, 2.24) is 4.90 Å². The first-order valence-electron chi connectivity index (χ1n) is 8.16. The zero-order chi connectivity index (χ0) is 16.8. The van der Waals surface area contributed by atoms with Crippen LogP contribution in [0.3, 0.4) is 0 Å². The Morgan fingerprint density at radius 2 is 1.96 bits per heavy atom. The minimum atomic E-state index is 0.0187. The van der Waals surface area contributed by atoms with Gasteiger partial charge < -0.3 is 10.1 Å². The van der Waals surface area contributed by atoms with Gasteiger partial charge in [0, 0.05) is 22.9 Å². The number of amides is 1. The van der Waals surface area contributed by atoms with Gasteiger partial charge in [0.15, 0.2) is 0 Å². The van der Waals surface area contributed by atoms with E-state index in [1.54, 1.807) is 11.8 Å². The van der Waals surface area contributed by atoms with E-state index < -0.39 is 0 Å². The predicted octanol–water partition coefficient (Wildman–Crippen LogP) is 3.50. The molecule has 1 saturated heterocycles. The Morgan fingerprint density at radius 1 is 1.21 bits per heavy atom. The molecule has 0 spiro atoms. The number of morpholine rings is 1. The number of carbonyl (C=O) groups excluding carboxylic acids is 1. The molecule has 1 aliphatic heterocycles. The lowest BCUT2D eigenvalue weighted by Crippen LogP contribution is -2.44. The summed E-state index contributed by atoms with van der Waals surface area (Å²) in [7, 11) is 0. The minimum Gasteiger partial charge on any atom is -0.376 e. The lowest BCUT2D eigenvalue weighted by atomic mass is 10.3. The van der Waals surface area contributed by atoms with E-state index in [9.17, 15) is 4.79 Å². The van der Waals surface area contributed by atoms with Gasteiger partial charge in [-0.05, 0) is 31.2 Å². The number of ether oxygens (including phenoxy) is 1. The third-order valence-electron chi connectivity index (χ3n) is 3.82. The number of anilines is 1. The molecule has 126 valence electrons. The number of rotatable bonds is 5. The van der Waals surface area contributed by atoms with E-state index in [0.717, 1.165) is 28.6 Å². The highest BCUT2D eigenvalue weighted by Crippen LogP contribution is 2.33. The van der Waals surface area contributed by atoms with Gasteiger partial charge in [0.1, 0.15) is 0 Å². The molecule has 2 aromatic rings. The monoisotopic (exact) mass is 342 g/mol. The van der Waals surface area contributed by atoms with Crippen LogP contribution in [0.15, 0.2) is 64.4 Å². The van der Waals surface area contributed by atoms with Gasteiger partial charge >= 0.3 is 0 Å². The topological polar surface area (TPSA) is 41.6 Å². The zero-order valence-corrected chi connectivity index (χ0v) is 14.6. The van der Waals surface area contributed by atoms with Crippen molar-refractivity contribution in [3.8, 4) is 0 Å². The van der Waals surface area contributed by atoms with E-state index in [1.165, 1.54) is 0 Å². The molecule has 1 fully saturated rings. The molecule has 1 N–H and O–H groups in total. The maximum atomic E-state index is 12.4. The van der Waals surface area contributed by atoms with Crippen LogP contribution in [0.25, 0.3) is 0 Å². The van der Waals surface area contributed by atoms with Gasteiger partial charge in [-0.25, -0.2) is 0 Å². The Kier molecular flexibility index (Phi) is 5.91. The number of benzene rings is 2. The molecule has 1 atom stereocenters. The van der Waals surface area contributed by atoms with Crippen molar-refractivity contribution in [2.45, 2.75) is 22.8 Å². The molecular weight excluding hydrogens is 320 g/mol. The van der Waals surface area contributed by atoms with Gasteiger partial charge in [0.2, 0.25) is 5.91 Å². The third kappa shape index (κ3) is 4.84. The molecule has 0 radical (unpaired) electrons. The molecule has 4 nitrogen and oxygen atoms in total. The zero-order valence-electron chi connectivity index (χ0n) is 13.8. The summed E-state index contributed by atoms with van der Waals surface area (Å²) in [5.41, 5.74) is 0.859. The summed E-state index contributed by atoms with van der Waals surface area (Å²) in [6, 6.07) is 18.1. The fourth-order valence-corrected chi connectivity index (χ4v) is 3.62. The summed E-state index contributed by atoms with van der Waals surface area (Å²) < 4.78 is 5.52. The van der Waals surface area contributed by atoms with Gasteiger partial charge in [-0.1, -0.05) is 42.1 Å². The number of hydrogen-bond donors (Lipinski definition) is 1. The molecule has 1 heterocycles. The molecule has 0 bridgehead atoms. The number of hydrogen-bond acceptors (Lipinski definition) is 4. The van der Waals surface area contributed by atoms with Gasteiger partial charge in [0.25, 0.3) is 0 Å². The summed E-state index contributed by atoms with van der Waals surface area (Å²) in [5, 5.41) is 3.05. The average Bonchev–Trinajstić information content (AvgIpc) is 2.57. The molecule has 5 heteroatoms. The molecule has 2 aromatic carbocycles. The predicted molar refractivity (Wildman–Crippen MR) is 97.5 cm³/mol. The van der Waals surface area contributed by atoms with Crippen LogP contribution >= 0.6 is 11.8 Å². The molecule has 0 aliphatic carbocycles. The average molecular weight is 342 g/mol. The quantitative estimate of drug-likeness (QED) is 0.903. The molecule has 0 aromatic heterocycles. The number of nitrogens with one attached hydrogen (secondary N) is 1. The van der Waals surface area contributed by atoms with E-state index in [-0.39, 0.29) is 12.0 Å². The molecule has 0 unspecified atom stereocenters. The second kappa shape index (κ2) is 8.33. The molecule has 24 heavy (non-hydrogen) atoms. The Labute approximate surface area is 147 Å². The smallest absolute Gasteiger partial charge is 0.238 e. The van der Waals surface area contributed by atoms with Crippen molar-refractivity contribution in [3.63, 3.8) is 0 Å². The van der Waals surface area contributed by atoms with Gasteiger partial charge in [-0.2, -0.15) is 0 Å². The first-order chi connectivity index (χ1) is 11.7. The lowest BCUT2D eigenvalue weighted by molar-refractivity contribution is -0.119. The van der Waals surface area contributed by atoms with Crippen LogP contribution in [0.2, 0.25) is 0 Å². The maximum Gasteiger partial charge on any atom is 0.238 e. The number of carbonyl (C=O) groups is 1. The highest BCUT2D eigenvalue weighted by Gasteiger charge is 2.19. The Bertz CT molecular complexity index is 678. The van der Waals surface area contributed by atoms with Crippen molar-refractivity contribution < 1.29 is 9.53 Å². The van der Waals surface area contributed by atoms with E-state index in [1.807, 2.05) is 49.4 Å². The Hall–Kier alpha value is -1.82. The summed E-state index contributed by atoms with van der Waals surface area (Å²) in [5.74, 6) is 0.0187. The first kappa shape index (κ1) is 17.0. The van der Waals surface area contributed by atoms with Crippen LogP contribution in [-0.2, 0) is 9.53 Å². The van der Waals surface area contributed by atoms with E-state index in [0.29, 0.717) is 13.2 Å². The standard InChI is InChI=1S/C19H22N2O2S/c1-15-13-21(11-12-23-15)14-19(22)20-17-9-5-6-10-18(17)24-16-7-3-2-4-8-16/h2-10,15H,11-14H2,1H3,(H,20,22)/t15-/m0/s1. The minimum absolute atomic E-state index is 0.0187. The summed E-state index contributed by atoms with van der Waals surface area (Å²) in [4.78, 5) is 16.7. The summed E-state index contributed by atoms with van der Waals surface area (Å²) in [6.45, 7) is 4.73. The second-order valence-corrected chi connectivity index (χ2v) is 6.99. The van der Waals surface area contributed by atoms with Crippen LogP contribution in [0.5, 0.6) is 0 Å². The normalized spacial score (nSPS) is 18.3. The Balaban J connectivity index is 1.63. The van der Waals surface area contributed by atoms with E-state index >= 15 is 0 Å². The molecule has 0 saturated carbocycles. The summed E-state index contributed by atoms with van der Waals surface area (Å²) >= 11 is 1.65. The van der Waals surface area contributed by atoms with Gasteiger partial charge in [-0.3, -0.25) is 9.69 Å². The Morgan fingerprint density at radius 3 is 2.75 bits per heavy atom. The number of para-hydroxylation sites is 1. The van der Waals surface area contributed by atoms with Crippen molar-refractivity contribution >= 4 is 23.4 Å². The van der Waals surface area contributed by atoms with Crippen molar-refractivity contribution in [2.24, 2.45) is 0 Å². The van der Waals surface area contributed by atoms with Crippen molar-refractivity contribution in [1.29, 1.82) is 0 Å². The molecule has 1 amide bonds.